The zero-order valence-corrected chi connectivity index (χ0v) is 23.9. The molecule has 7 nitrogen and oxygen atoms in total. The Bertz CT molecular complexity index is 1730. The van der Waals surface area contributed by atoms with Crippen LogP contribution >= 0.6 is 0 Å². The predicted molar refractivity (Wildman–Crippen MR) is 165 cm³/mol. The molecule has 1 heterocycles. The molecule has 1 unspecified atom stereocenters. The van der Waals surface area contributed by atoms with Gasteiger partial charge in [-0.15, -0.1) is 0 Å². The molecule has 0 aliphatic carbocycles. The average Bonchev–Trinajstić information content (AvgIpc) is 3.42. The van der Waals surface area contributed by atoms with Crippen molar-refractivity contribution in [3.05, 3.63) is 132 Å². The first-order valence-corrected chi connectivity index (χ1v) is 14.1. The van der Waals surface area contributed by atoms with Crippen LogP contribution in [0.15, 0.2) is 114 Å². The van der Waals surface area contributed by atoms with Gasteiger partial charge in [0.05, 0.1) is 12.7 Å². The van der Waals surface area contributed by atoms with Gasteiger partial charge < -0.3 is 15.1 Å². The summed E-state index contributed by atoms with van der Waals surface area (Å²) in [5.74, 6) is -1.76. The second-order valence-electron chi connectivity index (χ2n) is 10.5. The molecule has 0 bridgehead atoms. The SMILES string of the molecule is CC(C)C(=O)Nc1ccc(N(C(=O)Cc2coc3ccccc23)C(C(=O)NCc2ccccc2)c2cccc(F)c2)cc1. The summed E-state index contributed by atoms with van der Waals surface area (Å²) in [7, 11) is 0. The number of halogens is 1. The molecule has 5 aromatic rings. The molecule has 1 aromatic heterocycles. The maximum absolute atomic E-state index is 14.5. The Kier molecular flexibility index (Phi) is 8.96. The van der Waals surface area contributed by atoms with Gasteiger partial charge in [0.15, 0.2) is 0 Å². The van der Waals surface area contributed by atoms with E-state index >= 15 is 0 Å². The van der Waals surface area contributed by atoms with E-state index in [0.717, 1.165) is 10.9 Å². The van der Waals surface area contributed by atoms with Crippen molar-refractivity contribution in [3.8, 4) is 0 Å². The second-order valence-corrected chi connectivity index (χ2v) is 10.5. The van der Waals surface area contributed by atoms with E-state index in [-0.39, 0.29) is 24.8 Å². The zero-order chi connectivity index (χ0) is 30.3. The summed E-state index contributed by atoms with van der Waals surface area (Å²) < 4.78 is 20.2. The van der Waals surface area contributed by atoms with Crippen LogP contribution in [0.25, 0.3) is 11.0 Å². The van der Waals surface area contributed by atoms with Crippen LogP contribution in [0.2, 0.25) is 0 Å². The van der Waals surface area contributed by atoms with Crippen LogP contribution in [0.1, 0.15) is 36.6 Å². The third kappa shape index (κ3) is 6.98. The van der Waals surface area contributed by atoms with Crippen molar-refractivity contribution in [2.24, 2.45) is 5.92 Å². The number of hydrogen-bond acceptors (Lipinski definition) is 4. The number of hydrogen-bond donors (Lipinski definition) is 2. The molecule has 0 aliphatic heterocycles. The highest BCUT2D eigenvalue weighted by molar-refractivity contribution is 6.03. The van der Waals surface area contributed by atoms with Gasteiger partial charge in [-0.3, -0.25) is 19.3 Å². The minimum absolute atomic E-state index is 0.0688. The van der Waals surface area contributed by atoms with Gasteiger partial charge in [-0.25, -0.2) is 4.39 Å². The van der Waals surface area contributed by atoms with Crippen LogP contribution in [0, 0.1) is 11.7 Å². The highest BCUT2D eigenvalue weighted by atomic mass is 19.1. The fourth-order valence-corrected chi connectivity index (χ4v) is 4.82. The summed E-state index contributed by atoms with van der Waals surface area (Å²) in [5, 5.41) is 6.56. The van der Waals surface area contributed by atoms with E-state index in [4.69, 9.17) is 4.42 Å². The van der Waals surface area contributed by atoms with Crippen molar-refractivity contribution >= 4 is 40.1 Å². The number of carbonyl (C=O) groups is 3. The molecule has 8 heteroatoms. The molecule has 0 radical (unpaired) electrons. The zero-order valence-electron chi connectivity index (χ0n) is 23.9. The molecule has 218 valence electrons. The van der Waals surface area contributed by atoms with Crippen LogP contribution in [-0.4, -0.2) is 17.7 Å². The van der Waals surface area contributed by atoms with Crippen LogP contribution in [-0.2, 0) is 27.3 Å². The molecule has 0 saturated carbocycles. The van der Waals surface area contributed by atoms with Gasteiger partial charge in [-0.05, 0) is 53.6 Å². The number of carbonyl (C=O) groups excluding carboxylic acids is 3. The van der Waals surface area contributed by atoms with Crippen LogP contribution in [0.4, 0.5) is 15.8 Å². The summed E-state index contributed by atoms with van der Waals surface area (Å²) in [4.78, 5) is 41.8. The molecule has 2 N–H and O–H groups in total. The molecule has 3 amide bonds. The normalized spacial score (nSPS) is 11.7. The van der Waals surface area contributed by atoms with E-state index in [2.05, 4.69) is 10.6 Å². The van der Waals surface area contributed by atoms with Crippen molar-refractivity contribution in [2.45, 2.75) is 32.9 Å². The van der Waals surface area contributed by atoms with Crippen molar-refractivity contribution < 1.29 is 23.2 Å². The molecule has 5 rings (SSSR count). The van der Waals surface area contributed by atoms with Gasteiger partial charge in [0, 0.05) is 34.8 Å². The highest BCUT2D eigenvalue weighted by Gasteiger charge is 2.33. The standard InChI is InChI=1S/C35H32FN3O4/c1-23(2)34(41)38-28-15-17-29(18-16-28)39(32(40)20-26-22-43-31-14-7-6-13-30(26)31)33(25-11-8-12-27(36)19-25)35(42)37-21-24-9-4-3-5-10-24/h3-19,22-23,33H,20-21H2,1-2H3,(H,37,42)(H,38,41). The Balaban J connectivity index is 1.55. The fraction of sp³-hybridized carbons (Fsp3) is 0.171. The summed E-state index contributed by atoms with van der Waals surface area (Å²) in [5.41, 5.74) is 3.45. The third-order valence-corrected chi connectivity index (χ3v) is 7.09. The van der Waals surface area contributed by atoms with E-state index in [1.807, 2.05) is 54.6 Å². The molecule has 0 fully saturated rings. The number of para-hydroxylation sites is 1. The van der Waals surface area contributed by atoms with Gasteiger partial charge in [-0.2, -0.15) is 0 Å². The molecule has 0 saturated heterocycles. The van der Waals surface area contributed by atoms with Gasteiger partial charge in [0.2, 0.25) is 17.7 Å². The van der Waals surface area contributed by atoms with E-state index in [0.29, 0.717) is 28.1 Å². The number of benzene rings is 4. The minimum Gasteiger partial charge on any atom is -0.464 e. The van der Waals surface area contributed by atoms with Gasteiger partial charge >= 0.3 is 0 Å². The van der Waals surface area contributed by atoms with E-state index in [9.17, 15) is 18.8 Å². The molecular weight excluding hydrogens is 545 g/mol. The van der Waals surface area contributed by atoms with Crippen LogP contribution in [0.5, 0.6) is 0 Å². The van der Waals surface area contributed by atoms with E-state index in [1.165, 1.54) is 29.4 Å². The lowest BCUT2D eigenvalue weighted by atomic mass is 10.0. The number of furan rings is 1. The molecular formula is C35H32FN3O4. The lowest BCUT2D eigenvalue weighted by molar-refractivity contribution is -0.126. The van der Waals surface area contributed by atoms with E-state index < -0.39 is 23.7 Å². The molecule has 4 aromatic carbocycles. The quantitative estimate of drug-likeness (QED) is 0.191. The number of fused-ring (bicyclic) bond motifs is 1. The highest BCUT2D eigenvalue weighted by Crippen LogP contribution is 2.32. The number of anilines is 2. The summed E-state index contributed by atoms with van der Waals surface area (Å²) in [6, 6.07) is 28.0. The van der Waals surface area contributed by atoms with Crippen molar-refractivity contribution in [1.82, 2.24) is 5.32 Å². The van der Waals surface area contributed by atoms with Crippen molar-refractivity contribution in [3.63, 3.8) is 0 Å². The van der Waals surface area contributed by atoms with Gasteiger partial charge in [-0.1, -0.05) is 74.5 Å². The maximum Gasteiger partial charge on any atom is 0.248 e. The average molecular weight is 578 g/mol. The summed E-state index contributed by atoms with van der Waals surface area (Å²) in [6.07, 6.45) is 1.47. The second kappa shape index (κ2) is 13.2. The fourth-order valence-electron chi connectivity index (χ4n) is 4.82. The Labute approximate surface area is 249 Å². The van der Waals surface area contributed by atoms with Gasteiger partial charge in [0.25, 0.3) is 0 Å². The Morgan fingerprint density at radius 2 is 1.56 bits per heavy atom. The van der Waals surface area contributed by atoms with E-state index in [1.54, 1.807) is 44.2 Å². The Morgan fingerprint density at radius 3 is 2.28 bits per heavy atom. The minimum atomic E-state index is -1.19. The maximum atomic E-state index is 14.5. The smallest absolute Gasteiger partial charge is 0.248 e. The first-order chi connectivity index (χ1) is 20.8. The van der Waals surface area contributed by atoms with Crippen LogP contribution in [0.3, 0.4) is 0 Å². The topological polar surface area (TPSA) is 91.7 Å². The molecule has 0 spiro atoms. The number of nitrogens with one attached hydrogen (secondary N) is 2. The lowest BCUT2D eigenvalue weighted by Crippen LogP contribution is -2.44. The van der Waals surface area contributed by atoms with Crippen LogP contribution < -0.4 is 15.5 Å². The third-order valence-electron chi connectivity index (χ3n) is 7.09. The van der Waals surface area contributed by atoms with Crippen molar-refractivity contribution in [2.75, 3.05) is 10.2 Å². The Hall–Kier alpha value is -5.24. The number of rotatable bonds is 10. The van der Waals surface area contributed by atoms with Gasteiger partial charge in [0.1, 0.15) is 17.4 Å². The lowest BCUT2D eigenvalue weighted by Gasteiger charge is -2.32. The Morgan fingerprint density at radius 1 is 0.837 bits per heavy atom. The molecule has 0 aliphatic rings. The largest absolute Gasteiger partial charge is 0.464 e. The molecule has 1 atom stereocenters. The summed E-state index contributed by atoms with van der Waals surface area (Å²) in [6.45, 7) is 3.81. The predicted octanol–water partition coefficient (Wildman–Crippen LogP) is 6.80. The number of amides is 3. The number of nitrogens with zero attached hydrogens (tertiary/aromatic N) is 1. The monoisotopic (exact) mass is 577 g/mol. The molecule has 43 heavy (non-hydrogen) atoms. The first-order valence-electron chi connectivity index (χ1n) is 14.1. The first kappa shape index (κ1) is 29.3. The summed E-state index contributed by atoms with van der Waals surface area (Å²) >= 11 is 0. The van der Waals surface area contributed by atoms with Crippen molar-refractivity contribution in [1.29, 1.82) is 0 Å².